The van der Waals surface area contributed by atoms with E-state index in [9.17, 15) is 17.2 Å². The molecular formula is C9H16F2O3S. The van der Waals surface area contributed by atoms with Crippen molar-refractivity contribution in [2.24, 2.45) is 5.92 Å². The molecule has 6 heteroatoms. The van der Waals surface area contributed by atoms with Crippen LogP contribution in [0.25, 0.3) is 0 Å². The molecule has 15 heavy (non-hydrogen) atoms. The van der Waals surface area contributed by atoms with Crippen molar-refractivity contribution < 1.29 is 21.4 Å². The highest BCUT2D eigenvalue weighted by molar-refractivity contribution is 7.86. The molecule has 90 valence electrons. The van der Waals surface area contributed by atoms with E-state index in [-0.39, 0.29) is 0 Å². The normalized spacial score (nSPS) is 29.1. The summed E-state index contributed by atoms with van der Waals surface area (Å²) in [5.41, 5.74) is 0. The van der Waals surface area contributed by atoms with Gasteiger partial charge >= 0.3 is 0 Å². The van der Waals surface area contributed by atoms with Crippen molar-refractivity contribution in [3.63, 3.8) is 0 Å². The van der Waals surface area contributed by atoms with Gasteiger partial charge in [-0.3, -0.25) is 4.18 Å². The lowest BCUT2D eigenvalue weighted by Gasteiger charge is -2.31. The summed E-state index contributed by atoms with van der Waals surface area (Å²) >= 11 is 0. The zero-order chi connectivity index (χ0) is 11.7. The van der Waals surface area contributed by atoms with E-state index >= 15 is 0 Å². The van der Waals surface area contributed by atoms with E-state index in [2.05, 4.69) is 0 Å². The van der Waals surface area contributed by atoms with Crippen LogP contribution in [0.1, 0.15) is 32.6 Å². The molecule has 1 fully saturated rings. The van der Waals surface area contributed by atoms with Crippen LogP contribution in [0.5, 0.6) is 0 Å². The molecule has 0 aliphatic heterocycles. The molecule has 0 spiro atoms. The zero-order valence-corrected chi connectivity index (χ0v) is 9.69. The first-order valence-corrected chi connectivity index (χ1v) is 6.76. The number of rotatable bonds is 3. The fourth-order valence-corrected chi connectivity index (χ4v) is 2.60. The number of hydrogen-bond acceptors (Lipinski definition) is 3. The van der Waals surface area contributed by atoms with Crippen molar-refractivity contribution in [1.82, 2.24) is 0 Å². The van der Waals surface area contributed by atoms with Crippen LogP contribution in [0, 0.1) is 5.92 Å². The second kappa shape index (κ2) is 4.33. The van der Waals surface area contributed by atoms with E-state index in [1.807, 2.05) is 0 Å². The topological polar surface area (TPSA) is 43.4 Å². The second-order valence-corrected chi connectivity index (χ2v) is 5.83. The lowest BCUT2D eigenvalue weighted by atomic mass is 9.84. The average Bonchev–Trinajstić information content (AvgIpc) is 2.00. The van der Waals surface area contributed by atoms with Crippen LogP contribution in [0.2, 0.25) is 0 Å². The van der Waals surface area contributed by atoms with Crippen LogP contribution in [0.3, 0.4) is 0 Å². The maximum Gasteiger partial charge on any atom is 0.264 e. The molecule has 0 saturated heterocycles. The van der Waals surface area contributed by atoms with Gasteiger partial charge < -0.3 is 0 Å². The minimum absolute atomic E-state index is 0.323. The summed E-state index contributed by atoms with van der Waals surface area (Å²) in [5.74, 6) is -3.31. The van der Waals surface area contributed by atoms with Crippen LogP contribution < -0.4 is 0 Å². The molecule has 1 rings (SSSR count). The minimum atomic E-state index is -3.46. The lowest BCUT2D eigenvalue weighted by Crippen LogP contribution is -2.32. The van der Waals surface area contributed by atoms with Crippen molar-refractivity contribution in [3.8, 4) is 0 Å². The number of halogens is 2. The van der Waals surface area contributed by atoms with Crippen molar-refractivity contribution in [1.29, 1.82) is 0 Å². The molecule has 0 bridgehead atoms. The summed E-state index contributed by atoms with van der Waals surface area (Å²) < 4.78 is 52.2. The predicted molar refractivity (Wildman–Crippen MR) is 52.3 cm³/mol. The van der Waals surface area contributed by atoms with Crippen LogP contribution in [0.4, 0.5) is 8.78 Å². The van der Waals surface area contributed by atoms with Crippen LogP contribution >= 0.6 is 0 Å². The molecule has 0 radical (unpaired) electrons. The van der Waals surface area contributed by atoms with Gasteiger partial charge in [-0.1, -0.05) is 0 Å². The Morgan fingerprint density at radius 3 is 2.00 bits per heavy atom. The standard InChI is InChI=1S/C9H16F2O3S/c1-9(10,11)7-3-5-8(6-4-7)14-15(2,12)13/h7-8H,3-6H2,1-2H3/t7-,8+. The molecular weight excluding hydrogens is 226 g/mol. The SMILES string of the molecule is CC(F)(F)[C@H]1CC[C@@H](OS(C)(=O)=O)CC1. The minimum Gasteiger partial charge on any atom is -0.267 e. The molecule has 0 unspecified atom stereocenters. The summed E-state index contributed by atoms with van der Waals surface area (Å²) in [5, 5.41) is 0. The van der Waals surface area contributed by atoms with E-state index in [0.29, 0.717) is 25.7 Å². The van der Waals surface area contributed by atoms with Crippen molar-refractivity contribution >= 4 is 10.1 Å². The molecule has 0 atom stereocenters. The highest BCUT2D eigenvalue weighted by Crippen LogP contribution is 2.37. The zero-order valence-electron chi connectivity index (χ0n) is 8.87. The Morgan fingerprint density at radius 2 is 1.67 bits per heavy atom. The third-order valence-electron chi connectivity index (χ3n) is 2.70. The van der Waals surface area contributed by atoms with Crippen LogP contribution in [-0.4, -0.2) is 26.7 Å². The molecule has 0 aromatic carbocycles. The van der Waals surface area contributed by atoms with E-state index in [0.717, 1.165) is 13.2 Å². The Bertz CT molecular complexity index is 300. The van der Waals surface area contributed by atoms with E-state index in [4.69, 9.17) is 4.18 Å². The van der Waals surface area contributed by atoms with E-state index in [1.165, 1.54) is 0 Å². The van der Waals surface area contributed by atoms with Gasteiger partial charge in [0.1, 0.15) is 0 Å². The number of hydrogen-bond donors (Lipinski definition) is 0. The van der Waals surface area contributed by atoms with Gasteiger partial charge in [-0.2, -0.15) is 8.42 Å². The smallest absolute Gasteiger partial charge is 0.264 e. The quantitative estimate of drug-likeness (QED) is 0.712. The molecule has 1 aliphatic rings. The monoisotopic (exact) mass is 242 g/mol. The summed E-state index contributed by atoms with van der Waals surface area (Å²) in [6.45, 7) is 0.912. The van der Waals surface area contributed by atoms with Gasteiger partial charge in [0, 0.05) is 5.92 Å². The molecule has 0 aromatic heterocycles. The second-order valence-electron chi connectivity index (χ2n) is 4.23. The van der Waals surface area contributed by atoms with Gasteiger partial charge in [0.15, 0.2) is 0 Å². The average molecular weight is 242 g/mol. The first-order valence-electron chi connectivity index (χ1n) is 4.94. The first-order chi connectivity index (χ1) is 6.68. The molecule has 0 heterocycles. The fourth-order valence-electron chi connectivity index (χ4n) is 1.91. The summed E-state index contributed by atoms with van der Waals surface area (Å²) in [6, 6.07) is 0. The van der Waals surface area contributed by atoms with Crippen LogP contribution in [0.15, 0.2) is 0 Å². The molecule has 0 N–H and O–H groups in total. The highest BCUT2D eigenvalue weighted by atomic mass is 32.2. The van der Waals surface area contributed by atoms with E-state index in [1.54, 1.807) is 0 Å². The molecule has 3 nitrogen and oxygen atoms in total. The molecule has 0 amide bonds. The fraction of sp³-hybridized carbons (Fsp3) is 1.00. The van der Waals surface area contributed by atoms with Gasteiger partial charge in [-0.15, -0.1) is 0 Å². The predicted octanol–water partition coefficient (Wildman–Crippen LogP) is 2.18. The van der Waals surface area contributed by atoms with Gasteiger partial charge in [0.25, 0.3) is 10.1 Å². The van der Waals surface area contributed by atoms with E-state index < -0.39 is 28.1 Å². The highest BCUT2D eigenvalue weighted by Gasteiger charge is 2.37. The van der Waals surface area contributed by atoms with Gasteiger partial charge in [-0.05, 0) is 32.6 Å². The van der Waals surface area contributed by atoms with Gasteiger partial charge in [0.05, 0.1) is 12.4 Å². The number of alkyl halides is 2. The van der Waals surface area contributed by atoms with Gasteiger partial charge in [-0.25, -0.2) is 8.78 Å². The largest absolute Gasteiger partial charge is 0.267 e. The molecule has 0 aromatic rings. The summed E-state index contributed by atoms with van der Waals surface area (Å²) in [7, 11) is -3.46. The van der Waals surface area contributed by atoms with Gasteiger partial charge in [0.2, 0.25) is 5.92 Å². The lowest BCUT2D eigenvalue weighted by molar-refractivity contribution is -0.0625. The Labute approximate surface area is 88.9 Å². The maximum absolute atomic E-state index is 12.9. The Balaban J connectivity index is 2.43. The molecule has 1 aliphatic carbocycles. The van der Waals surface area contributed by atoms with Crippen molar-refractivity contribution in [2.75, 3.05) is 6.26 Å². The summed E-state index contributed by atoms with van der Waals surface area (Å²) in [6.07, 6.45) is 1.99. The Kier molecular flexibility index (Phi) is 3.71. The molecule has 1 saturated carbocycles. The maximum atomic E-state index is 12.9. The van der Waals surface area contributed by atoms with Crippen LogP contribution in [-0.2, 0) is 14.3 Å². The first kappa shape index (κ1) is 12.8. The third kappa shape index (κ3) is 4.42. The Hall–Kier alpha value is -0.230. The summed E-state index contributed by atoms with van der Waals surface area (Å²) in [4.78, 5) is 0. The third-order valence-corrected chi connectivity index (χ3v) is 3.32. The van der Waals surface area contributed by atoms with Crippen molar-refractivity contribution in [2.45, 2.75) is 44.6 Å². The van der Waals surface area contributed by atoms with Crippen molar-refractivity contribution in [3.05, 3.63) is 0 Å². The Morgan fingerprint density at radius 1 is 1.20 bits per heavy atom.